The van der Waals surface area contributed by atoms with Gasteiger partial charge in [0.25, 0.3) is 0 Å². The van der Waals surface area contributed by atoms with Crippen molar-refractivity contribution in [3.8, 4) is 0 Å². The number of carbonyl (C=O) groups is 1. The normalized spacial score (nSPS) is 16.9. The Morgan fingerprint density at radius 2 is 1.86 bits per heavy atom. The van der Waals surface area contributed by atoms with Gasteiger partial charge in [-0.15, -0.1) is 0 Å². The minimum Gasteiger partial charge on any atom is -0.465 e. The summed E-state index contributed by atoms with van der Waals surface area (Å²) in [5.74, 6) is -0.153. The number of benzene rings is 1. The maximum Gasteiger partial charge on any atom is 0.325 e. The van der Waals surface area contributed by atoms with Crippen molar-refractivity contribution in [2.45, 2.75) is 52.4 Å². The quantitative estimate of drug-likeness (QED) is 0.588. The molecule has 0 atom stereocenters. The second-order valence-corrected chi connectivity index (χ2v) is 7.88. The van der Waals surface area contributed by atoms with Gasteiger partial charge in [0.05, 0.1) is 6.61 Å². The molecule has 158 valence electrons. The largest absolute Gasteiger partial charge is 0.465 e. The maximum atomic E-state index is 12.0. The Labute approximate surface area is 175 Å². The third-order valence-electron chi connectivity index (χ3n) is 5.77. The molecule has 1 N–H and O–H groups in total. The van der Waals surface area contributed by atoms with Gasteiger partial charge in [0.15, 0.2) is 0 Å². The summed E-state index contributed by atoms with van der Waals surface area (Å²) in [7, 11) is 0. The molecule has 1 heterocycles. The monoisotopic (exact) mass is 397 g/mol. The van der Waals surface area contributed by atoms with Crippen LogP contribution in [0.2, 0.25) is 0 Å². The molecule has 2 aliphatic rings. The standard InChI is InChI=1S/C24H35N3O2/c1-4-26(18-24(28)29-5-2)23-10-8-9-22(23)19(3)17-20-11-13-21(14-12-20)25-27-15-6-7-16-27/h11-14,25H,3-10,15-18H2,1-2H3. The minimum absolute atomic E-state index is 0.153. The van der Waals surface area contributed by atoms with Crippen molar-refractivity contribution in [1.82, 2.24) is 9.91 Å². The van der Waals surface area contributed by atoms with Gasteiger partial charge in [0.1, 0.15) is 6.54 Å². The molecule has 3 rings (SSSR count). The van der Waals surface area contributed by atoms with Crippen LogP contribution < -0.4 is 5.43 Å². The van der Waals surface area contributed by atoms with E-state index in [9.17, 15) is 4.79 Å². The molecule has 1 aromatic carbocycles. The summed E-state index contributed by atoms with van der Waals surface area (Å²) in [5, 5.41) is 2.28. The van der Waals surface area contributed by atoms with Gasteiger partial charge in [-0.3, -0.25) is 4.79 Å². The summed E-state index contributed by atoms with van der Waals surface area (Å²) in [5.41, 5.74) is 9.68. The van der Waals surface area contributed by atoms with Crippen molar-refractivity contribution in [3.05, 3.63) is 53.3 Å². The second kappa shape index (κ2) is 10.5. The molecular formula is C24H35N3O2. The first-order valence-electron chi connectivity index (χ1n) is 11.0. The van der Waals surface area contributed by atoms with Crippen LogP contribution in [-0.2, 0) is 16.0 Å². The molecule has 1 aromatic rings. The molecule has 0 saturated carbocycles. The smallest absolute Gasteiger partial charge is 0.325 e. The number of likely N-dealkylation sites (N-methyl/N-ethyl adjacent to an activating group) is 1. The molecule has 0 unspecified atom stereocenters. The molecule has 0 spiro atoms. The molecule has 1 saturated heterocycles. The molecule has 0 amide bonds. The number of anilines is 1. The maximum absolute atomic E-state index is 12.0. The molecule has 1 fully saturated rings. The van der Waals surface area contributed by atoms with Crippen molar-refractivity contribution < 1.29 is 9.53 Å². The number of hydrogen-bond acceptors (Lipinski definition) is 5. The SMILES string of the molecule is C=C(Cc1ccc(NN2CCCC2)cc1)C1=C(N(CC)CC(=O)OCC)CCC1. The lowest BCUT2D eigenvalue weighted by molar-refractivity contribution is -0.143. The Bertz CT molecular complexity index is 733. The van der Waals surface area contributed by atoms with Crippen molar-refractivity contribution >= 4 is 11.7 Å². The Kier molecular flexibility index (Phi) is 7.76. The van der Waals surface area contributed by atoms with Gasteiger partial charge in [-0.25, -0.2) is 5.01 Å². The van der Waals surface area contributed by atoms with E-state index in [2.05, 4.69) is 53.1 Å². The average molecular weight is 398 g/mol. The first kappa shape index (κ1) is 21.4. The summed E-state index contributed by atoms with van der Waals surface area (Å²) >= 11 is 0. The van der Waals surface area contributed by atoms with E-state index >= 15 is 0 Å². The number of esters is 1. The second-order valence-electron chi connectivity index (χ2n) is 7.88. The van der Waals surface area contributed by atoms with Gasteiger partial charge in [0.2, 0.25) is 0 Å². The first-order valence-corrected chi connectivity index (χ1v) is 11.0. The van der Waals surface area contributed by atoms with Gasteiger partial charge < -0.3 is 15.1 Å². The van der Waals surface area contributed by atoms with E-state index in [0.29, 0.717) is 13.2 Å². The van der Waals surface area contributed by atoms with Crippen molar-refractivity contribution in [1.29, 1.82) is 0 Å². The number of nitrogens with one attached hydrogen (secondary N) is 1. The topological polar surface area (TPSA) is 44.8 Å². The number of carbonyl (C=O) groups excluding carboxylic acids is 1. The van der Waals surface area contributed by atoms with Crippen molar-refractivity contribution in [3.63, 3.8) is 0 Å². The summed E-state index contributed by atoms with van der Waals surface area (Å²) in [6.45, 7) is 12.1. The number of ether oxygens (including phenoxy) is 1. The van der Waals surface area contributed by atoms with Gasteiger partial charge >= 0.3 is 5.97 Å². The number of hydrazine groups is 1. The van der Waals surface area contributed by atoms with E-state index < -0.39 is 0 Å². The molecule has 0 aromatic heterocycles. The van der Waals surface area contributed by atoms with Crippen LogP contribution in [0.25, 0.3) is 0 Å². The van der Waals surface area contributed by atoms with Crippen LogP contribution in [0.4, 0.5) is 5.69 Å². The first-order chi connectivity index (χ1) is 14.1. The van der Waals surface area contributed by atoms with Crippen molar-refractivity contribution in [2.24, 2.45) is 0 Å². The fraction of sp³-hybridized carbons (Fsp3) is 0.542. The van der Waals surface area contributed by atoms with E-state index in [1.54, 1.807) is 0 Å². The zero-order valence-corrected chi connectivity index (χ0v) is 18.0. The van der Waals surface area contributed by atoms with E-state index in [1.165, 1.54) is 35.2 Å². The third kappa shape index (κ3) is 5.86. The minimum atomic E-state index is -0.153. The van der Waals surface area contributed by atoms with E-state index in [1.807, 2.05) is 6.92 Å². The van der Waals surface area contributed by atoms with E-state index in [-0.39, 0.29) is 5.97 Å². The highest BCUT2D eigenvalue weighted by molar-refractivity contribution is 5.72. The van der Waals surface area contributed by atoms with Crippen LogP contribution in [0, 0.1) is 0 Å². The van der Waals surface area contributed by atoms with Crippen LogP contribution >= 0.6 is 0 Å². The molecule has 0 bridgehead atoms. The molecule has 1 aliphatic heterocycles. The van der Waals surface area contributed by atoms with Crippen LogP contribution in [0.1, 0.15) is 51.5 Å². The number of rotatable bonds is 10. The highest BCUT2D eigenvalue weighted by Gasteiger charge is 2.23. The molecule has 29 heavy (non-hydrogen) atoms. The van der Waals surface area contributed by atoms with Crippen molar-refractivity contribution in [2.75, 3.05) is 38.2 Å². The lowest BCUT2D eigenvalue weighted by atomic mass is 9.98. The molecular weight excluding hydrogens is 362 g/mol. The predicted molar refractivity (Wildman–Crippen MR) is 118 cm³/mol. The fourth-order valence-electron chi connectivity index (χ4n) is 4.28. The number of hydrogen-bond donors (Lipinski definition) is 1. The Hall–Kier alpha value is -2.27. The predicted octanol–water partition coefficient (Wildman–Crippen LogP) is 4.53. The summed E-state index contributed by atoms with van der Waals surface area (Å²) in [4.78, 5) is 14.1. The zero-order chi connectivity index (χ0) is 20.6. The highest BCUT2D eigenvalue weighted by atomic mass is 16.5. The van der Waals surface area contributed by atoms with Crippen LogP contribution in [0.15, 0.2) is 47.7 Å². The Morgan fingerprint density at radius 1 is 1.14 bits per heavy atom. The number of nitrogens with zero attached hydrogens (tertiary/aromatic N) is 2. The van der Waals surface area contributed by atoms with Crippen LogP contribution in [0.3, 0.4) is 0 Å². The summed E-state index contributed by atoms with van der Waals surface area (Å²) in [6, 6.07) is 8.69. The summed E-state index contributed by atoms with van der Waals surface area (Å²) < 4.78 is 5.15. The molecule has 5 nitrogen and oxygen atoms in total. The average Bonchev–Trinajstić information content (AvgIpc) is 3.40. The van der Waals surface area contributed by atoms with Gasteiger partial charge in [-0.05, 0) is 81.2 Å². The molecule has 0 radical (unpaired) electrons. The number of allylic oxidation sites excluding steroid dienone is 3. The zero-order valence-electron chi connectivity index (χ0n) is 18.0. The van der Waals surface area contributed by atoms with E-state index in [0.717, 1.165) is 51.0 Å². The highest BCUT2D eigenvalue weighted by Crippen LogP contribution is 2.34. The van der Waals surface area contributed by atoms with Crippen LogP contribution in [0.5, 0.6) is 0 Å². The lowest BCUT2D eigenvalue weighted by Crippen LogP contribution is -2.30. The summed E-state index contributed by atoms with van der Waals surface area (Å²) in [6.07, 6.45) is 6.57. The van der Waals surface area contributed by atoms with E-state index in [4.69, 9.17) is 4.74 Å². The lowest BCUT2D eigenvalue weighted by Gasteiger charge is -2.25. The van der Waals surface area contributed by atoms with Gasteiger partial charge in [0, 0.05) is 31.0 Å². The van der Waals surface area contributed by atoms with Gasteiger partial charge in [-0.1, -0.05) is 18.7 Å². The Balaban J connectivity index is 1.63. The molecule has 5 heteroatoms. The Morgan fingerprint density at radius 3 is 2.52 bits per heavy atom. The fourth-order valence-corrected chi connectivity index (χ4v) is 4.28. The third-order valence-corrected chi connectivity index (χ3v) is 5.77. The van der Waals surface area contributed by atoms with Gasteiger partial charge in [-0.2, -0.15) is 0 Å². The molecule has 1 aliphatic carbocycles. The van der Waals surface area contributed by atoms with Crippen LogP contribution in [-0.4, -0.2) is 48.7 Å².